The van der Waals surface area contributed by atoms with Crippen molar-refractivity contribution in [3.05, 3.63) is 29.8 Å². The number of ether oxygens (including phenoxy) is 1. The molecule has 2 N–H and O–H groups in total. The molecule has 2 heterocycles. The first-order chi connectivity index (χ1) is 9.24. The number of carbonyl (C=O) groups is 1. The van der Waals surface area contributed by atoms with Gasteiger partial charge in [0, 0.05) is 12.3 Å². The van der Waals surface area contributed by atoms with E-state index in [4.69, 9.17) is 4.74 Å². The highest BCUT2D eigenvalue weighted by molar-refractivity contribution is 5.85. The molecule has 3 unspecified atom stereocenters. The molecule has 0 spiro atoms. The van der Waals surface area contributed by atoms with E-state index < -0.39 is 0 Å². The van der Waals surface area contributed by atoms with Gasteiger partial charge in [0.25, 0.3) is 0 Å². The summed E-state index contributed by atoms with van der Waals surface area (Å²) < 4.78 is 5.47. The van der Waals surface area contributed by atoms with Crippen molar-refractivity contribution in [3.63, 3.8) is 0 Å². The van der Waals surface area contributed by atoms with Crippen LogP contribution in [0.4, 0.5) is 5.69 Å². The lowest BCUT2D eigenvalue weighted by Crippen LogP contribution is -2.48. The molecule has 1 fully saturated rings. The first-order valence-electron chi connectivity index (χ1n) is 7.00. The van der Waals surface area contributed by atoms with Gasteiger partial charge in [-0.05, 0) is 37.8 Å². The summed E-state index contributed by atoms with van der Waals surface area (Å²) in [6.45, 7) is 2.76. The van der Waals surface area contributed by atoms with Crippen molar-refractivity contribution in [2.24, 2.45) is 0 Å². The predicted molar refractivity (Wildman–Crippen MR) is 74.1 cm³/mol. The number of amides is 1. The molecule has 1 amide bonds. The zero-order chi connectivity index (χ0) is 13.2. The van der Waals surface area contributed by atoms with Crippen LogP contribution >= 0.6 is 0 Å². The lowest BCUT2D eigenvalue weighted by Gasteiger charge is -2.27. The van der Waals surface area contributed by atoms with Gasteiger partial charge in [0.2, 0.25) is 5.91 Å². The van der Waals surface area contributed by atoms with Crippen LogP contribution in [0.15, 0.2) is 24.3 Å². The third-order valence-electron chi connectivity index (χ3n) is 4.07. The Labute approximate surface area is 113 Å². The minimum atomic E-state index is -0.123. The predicted octanol–water partition coefficient (Wildman–Crippen LogP) is 1.71. The van der Waals surface area contributed by atoms with Gasteiger partial charge in [-0.2, -0.15) is 0 Å². The molecular weight excluding hydrogens is 240 g/mol. The Hall–Kier alpha value is -1.55. The number of hydrogen-bond acceptors (Lipinski definition) is 3. The zero-order valence-corrected chi connectivity index (χ0v) is 11.2. The quantitative estimate of drug-likeness (QED) is 0.851. The van der Waals surface area contributed by atoms with E-state index in [1.165, 1.54) is 5.56 Å². The number of rotatable bonds is 2. The minimum Gasteiger partial charge on any atom is -0.376 e. The van der Waals surface area contributed by atoms with Gasteiger partial charge in [-0.3, -0.25) is 4.79 Å². The van der Waals surface area contributed by atoms with E-state index in [0.717, 1.165) is 31.6 Å². The zero-order valence-electron chi connectivity index (χ0n) is 11.2. The van der Waals surface area contributed by atoms with Crippen LogP contribution in [-0.2, 0) is 16.0 Å². The van der Waals surface area contributed by atoms with Gasteiger partial charge in [-0.25, -0.2) is 0 Å². The second-order valence-electron chi connectivity index (χ2n) is 5.37. The summed E-state index contributed by atoms with van der Waals surface area (Å²) in [6.07, 6.45) is 2.85. The van der Waals surface area contributed by atoms with Crippen LogP contribution < -0.4 is 10.6 Å². The standard InChI is InChI=1S/C15H20N2O2/c1-10-12(8-9-19-10)17-15(18)14-7-6-11-4-2-3-5-13(11)16-14/h2-5,10,12,14,16H,6-9H2,1H3,(H,17,18). The van der Waals surface area contributed by atoms with Gasteiger partial charge in [-0.1, -0.05) is 18.2 Å². The molecular formula is C15H20N2O2. The molecule has 1 aromatic carbocycles. The summed E-state index contributed by atoms with van der Waals surface area (Å²) in [7, 11) is 0. The van der Waals surface area contributed by atoms with Crippen molar-refractivity contribution in [1.29, 1.82) is 0 Å². The third-order valence-corrected chi connectivity index (χ3v) is 4.07. The second-order valence-corrected chi connectivity index (χ2v) is 5.37. The highest BCUT2D eigenvalue weighted by Crippen LogP contribution is 2.24. The largest absolute Gasteiger partial charge is 0.376 e. The van der Waals surface area contributed by atoms with Crippen molar-refractivity contribution in [2.45, 2.75) is 44.4 Å². The van der Waals surface area contributed by atoms with Crippen molar-refractivity contribution in [2.75, 3.05) is 11.9 Å². The molecule has 0 radical (unpaired) electrons. The Bertz CT molecular complexity index is 475. The van der Waals surface area contributed by atoms with E-state index >= 15 is 0 Å². The average molecular weight is 260 g/mol. The monoisotopic (exact) mass is 260 g/mol. The van der Waals surface area contributed by atoms with Crippen molar-refractivity contribution >= 4 is 11.6 Å². The number of aryl methyl sites for hydroxylation is 1. The average Bonchev–Trinajstić information content (AvgIpc) is 2.84. The molecule has 0 saturated carbocycles. The number of carbonyl (C=O) groups excluding carboxylic acids is 1. The smallest absolute Gasteiger partial charge is 0.242 e. The second kappa shape index (κ2) is 5.21. The van der Waals surface area contributed by atoms with Crippen molar-refractivity contribution < 1.29 is 9.53 Å². The number of nitrogens with one attached hydrogen (secondary N) is 2. The Morgan fingerprint density at radius 2 is 2.21 bits per heavy atom. The lowest BCUT2D eigenvalue weighted by molar-refractivity contribution is -0.123. The molecule has 19 heavy (non-hydrogen) atoms. The summed E-state index contributed by atoms with van der Waals surface area (Å²) in [4.78, 5) is 12.3. The first kappa shape index (κ1) is 12.5. The van der Waals surface area contributed by atoms with E-state index in [0.29, 0.717) is 0 Å². The van der Waals surface area contributed by atoms with E-state index in [2.05, 4.69) is 16.7 Å². The molecule has 1 aromatic rings. The summed E-state index contributed by atoms with van der Waals surface area (Å²) in [5, 5.41) is 6.44. The topological polar surface area (TPSA) is 50.4 Å². The van der Waals surface area contributed by atoms with E-state index in [1.54, 1.807) is 0 Å². The maximum absolute atomic E-state index is 12.3. The molecule has 4 heteroatoms. The Balaban J connectivity index is 1.63. The minimum absolute atomic E-state index is 0.0943. The Morgan fingerprint density at radius 3 is 3.00 bits per heavy atom. The summed E-state index contributed by atoms with van der Waals surface area (Å²) in [6, 6.07) is 8.23. The number of anilines is 1. The summed E-state index contributed by atoms with van der Waals surface area (Å²) in [5.74, 6) is 0.0943. The number of para-hydroxylation sites is 1. The molecule has 2 aliphatic rings. The molecule has 3 atom stereocenters. The van der Waals surface area contributed by atoms with Gasteiger partial charge in [-0.15, -0.1) is 0 Å². The highest BCUT2D eigenvalue weighted by Gasteiger charge is 2.30. The van der Waals surface area contributed by atoms with Crippen LogP contribution in [0, 0.1) is 0 Å². The van der Waals surface area contributed by atoms with Gasteiger partial charge in [0.1, 0.15) is 6.04 Å². The molecule has 0 bridgehead atoms. The van der Waals surface area contributed by atoms with E-state index in [-0.39, 0.29) is 24.1 Å². The fourth-order valence-electron chi connectivity index (χ4n) is 2.84. The molecule has 4 nitrogen and oxygen atoms in total. The molecule has 3 rings (SSSR count). The fraction of sp³-hybridized carbons (Fsp3) is 0.533. The third kappa shape index (κ3) is 2.59. The van der Waals surface area contributed by atoms with Gasteiger partial charge < -0.3 is 15.4 Å². The van der Waals surface area contributed by atoms with Crippen LogP contribution in [-0.4, -0.2) is 30.7 Å². The van der Waals surface area contributed by atoms with Crippen LogP contribution in [0.3, 0.4) is 0 Å². The Morgan fingerprint density at radius 1 is 1.37 bits per heavy atom. The van der Waals surface area contributed by atoms with Gasteiger partial charge in [0.05, 0.1) is 12.1 Å². The maximum atomic E-state index is 12.3. The van der Waals surface area contributed by atoms with Crippen molar-refractivity contribution in [1.82, 2.24) is 5.32 Å². The number of fused-ring (bicyclic) bond motifs is 1. The van der Waals surface area contributed by atoms with Crippen LogP contribution in [0.25, 0.3) is 0 Å². The lowest BCUT2D eigenvalue weighted by atomic mass is 9.97. The maximum Gasteiger partial charge on any atom is 0.242 e. The molecule has 0 aliphatic carbocycles. The number of benzene rings is 1. The normalized spacial score (nSPS) is 29.4. The van der Waals surface area contributed by atoms with E-state index in [9.17, 15) is 4.79 Å². The molecule has 2 aliphatic heterocycles. The van der Waals surface area contributed by atoms with Gasteiger partial charge in [0.15, 0.2) is 0 Å². The number of hydrogen-bond donors (Lipinski definition) is 2. The first-order valence-corrected chi connectivity index (χ1v) is 7.00. The molecule has 0 aromatic heterocycles. The summed E-state index contributed by atoms with van der Waals surface area (Å²) >= 11 is 0. The van der Waals surface area contributed by atoms with E-state index in [1.807, 2.05) is 25.1 Å². The SMILES string of the molecule is CC1OCCC1NC(=O)C1CCc2ccccc2N1. The van der Waals surface area contributed by atoms with Crippen LogP contribution in [0.2, 0.25) is 0 Å². The van der Waals surface area contributed by atoms with Crippen molar-refractivity contribution in [3.8, 4) is 0 Å². The summed E-state index contributed by atoms with van der Waals surface area (Å²) in [5.41, 5.74) is 2.38. The Kier molecular flexibility index (Phi) is 3.42. The van der Waals surface area contributed by atoms with Crippen LogP contribution in [0.5, 0.6) is 0 Å². The highest BCUT2D eigenvalue weighted by atomic mass is 16.5. The fourth-order valence-corrected chi connectivity index (χ4v) is 2.84. The molecule has 1 saturated heterocycles. The van der Waals surface area contributed by atoms with Crippen LogP contribution in [0.1, 0.15) is 25.3 Å². The van der Waals surface area contributed by atoms with Gasteiger partial charge >= 0.3 is 0 Å². The molecule has 102 valence electrons.